The van der Waals surface area contributed by atoms with Crippen LogP contribution >= 0.6 is 0 Å². The summed E-state index contributed by atoms with van der Waals surface area (Å²) in [7, 11) is -1.69. The lowest BCUT2D eigenvalue weighted by Crippen LogP contribution is -2.42. The third-order valence-corrected chi connectivity index (χ3v) is 5.57. The van der Waals surface area contributed by atoms with Crippen molar-refractivity contribution in [1.29, 1.82) is 0 Å². The second-order valence-corrected chi connectivity index (χ2v) is 8.47. The van der Waals surface area contributed by atoms with Gasteiger partial charge in [-0.15, -0.1) is 0 Å². The molecule has 0 aliphatic heterocycles. The van der Waals surface area contributed by atoms with Gasteiger partial charge in [0.1, 0.15) is 15.3 Å². The number of sulfone groups is 1. The zero-order valence-electron chi connectivity index (χ0n) is 13.4. The Hall–Kier alpha value is -1.89. The largest absolute Gasteiger partial charge is 0.481 e. The molecule has 1 unspecified atom stereocenters. The van der Waals surface area contributed by atoms with Crippen LogP contribution in [0.2, 0.25) is 0 Å². The van der Waals surface area contributed by atoms with E-state index in [-0.39, 0.29) is 18.1 Å². The average molecular weight is 339 g/mol. The first kappa shape index (κ1) is 17.5. The first-order valence-corrected chi connectivity index (χ1v) is 9.39. The molecule has 1 aromatic rings. The summed E-state index contributed by atoms with van der Waals surface area (Å²) in [6.07, 6.45) is 1.35. The number of rotatable bonds is 6. The molecule has 0 heterocycles. The number of carboxylic acid groups (broad SMARTS) is 1. The Balaban J connectivity index is 2.20. The number of hydrogen-bond acceptors (Lipinski definition) is 4. The van der Waals surface area contributed by atoms with E-state index in [4.69, 9.17) is 0 Å². The fraction of sp³-hybridized carbons (Fsp3) is 0.500. The number of hydrogen-bond donors (Lipinski definition) is 1. The molecular weight excluding hydrogens is 318 g/mol. The fourth-order valence-electron chi connectivity index (χ4n) is 2.99. The highest BCUT2D eigenvalue weighted by Crippen LogP contribution is 2.55. The molecule has 1 aliphatic carbocycles. The first-order valence-electron chi connectivity index (χ1n) is 7.33. The topological polar surface area (TPSA) is 91.8 Å². The predicted octanol–water partition coefficient (Wildman–Crippen LogP) is 0.920. The van der Waals surface area contributed by atoms with Gasteiger partial charge in [-0.25, -0.2) is 8.42 Å². The van der Waals surface area contributed by atoms with Gasteiger partial charge in [-0.2, -0.15) is 0 Å². The van der Waals surface area contributed by atoms with Crippen molar-refractivity contribution in [3.63, 3.8) is 0 Å². The van der Waals surface area contributed by atoms with Crippen LogP contribution < -0.4 is 0 Å². The number of carboxylic acids is 1. The SMILES string of the molecule is CC(CS(C)(=O)=O)N(C)C(=O)[C@@H]1C[C@@]1(C(=O)O)c1ccccc1. The minimum absolute atomic E-state index is 0.145. The molecule has 6 nitrogen and oxygen atoms in total. The molecule has 3 atom stereocenters. The van der Waals surface area contributed by atoms with Crippen LogP contribution in [0.25, 0.3) is 0 Å². The van der Waals surface area contributed by atoms with Gasteiger partial charge in [0.05, 0.1) is 11.7 Å². The van der Waals surface area contributed by atoms with E-state index in [1.165, 1.54) is 11.9 Å². The van der Waals surface area contributed by atoms with Crippen molar-refractivity contribution in [3.05, 3.63) is 35.9 Å². The van der Waals surface area contributed by atoms with Crippen molar-refractivity contribution < 1.29 is 23.1 Å². The van der Waals surface area contributed by atoms with Gasteiger partial charge in [-0.05, 0) is 18.9 Å². The van der Waals surface area contributed by atoms with Gasteiger partial charge in [-0.1, -0.05) is 30.3 Å². The maximum Gasteiger partial charge on any atom is 0.314 e. The van der Waals surface area contributed by atoms with Crippen molar-refractivity contribution in [2.24, 2.45) is 5.92 Å². The summed E-state index contributed by atoms with van der Waals surface area (Å²) in [5.74, 6) is -2.15. The Morgan fingerprint density at radius 2 is 1.91 bits per heavy atom. The molecule has 0 saturated heterocycles. The van der Waals surface area contributed by atoms with E-state index in [9.17, 15) is 23.1 Å². The molecule has 0 bridgehead atoms. The molecule has 126 valence electrons. The van der Waals surface area contributed by atoms with Crippen LogP contribution in [-0.2, 0) is 24.8 Å². The quantitative estimate of drug-likeness (QED) is 0.832. The minimum Gasteiger partial charge on any atom is -0.481 e. The molecule has 2 rings (SSSR count). The number of aliphatic carboxylic acids is 1. The van der Waals surface area contributed by atoms with Gasteiger partial charge in [0.2, 0.25) is 5.91 Å². The summed E-state index contributed by atoms with van der Waals surface area (Å²) >= 11 is 0. The van der Waals surface area contributed by atoms with Crippen LogP contribution in [0.1, 0.15) is 18.9 Å². The van der Waals surface area contributed by atoms with Crippen LogP contribution in [0.5, 0.6) is 0 Å². The average Bonchev–Trinajstić information content (AvgIpc) is 3.21. The van der Waals surface area contributed by atoms with Crippen molar-refractivity contribution >= 4 is 21.7 Å². The van der Waals surface area contributed by atoms with Gasteiger partial charge in [0, 0.05) is 19.3 Å². The third kappa shape index (κ3) is 3.39. The summed E-state index contributed by atoms with van der Waals surface area (Å²) in [5.41, 5.74) is -0.591. The van der Waals surface area contributed by atoms with Gasteiger partial charge < -0.3 is 10.0 Å². The molecule has 1 saturated carbocycles. The normalized spacial score (nSPS) is 24.7. The molecule has 1 fully saturated rings. The molecule has 0 aromatic heterocycles. The zero-order chi connectivity index (χ0) is 17.4. The van der Waals surface area contributed by atoms with Crippen molar-refractivity contribution in [2.75, 3.05) is 19.1 Å². The number of amides is 1. The van der Waals surface area contributed by atoms with Crippen LogP contribution in [0.4, 0.5) is 0 Å². The number of carbonyl (C=O) groups is 2. The van der Waals surface area contributed by atoms with Gasteiger partial charge in [0.25, 0.3) is 0 Å². The molecule has 1 aliphatic rings. The molecule has 0 spiro atoms. The van der Waals surface area contributed by atoms with Crippen LogP contribution in [0.15, 0.2) is 30.3 Å². The number of benzene rings is 1. The number of nitrogens with zero attached hydrogens (tertiary/aromatic N) is 1. The lowest BCUT2D eigenvalue weighted by molar-refractivity contribution is -0.143. The van der Waals surface area contributed by atoms with Gasteiger partial charge in [0.15, 0.2) is 0 Å². The van der Waals surface area contributed by atoms with Crippen molar-refractivity contribution in [2.45, 2.75) is 24.8 Å². The van der Waals surface area contributed by atoms with Gasteiger partial charge in [-0.3, -0.25) is 9.59 Å². The Kier molecular flexibility index (Phi) is 4.52. The maximum atomic E-state index is 12.6. The standard InChI is InChI=1S/C16H21NO5S/c1-11(10-23(3,21)22)17(2)14(18)13-9-16(13,15(19)20)12-7-5-4-6-8-12/h4-8,11,13H,9-10H2,1-3H3,(H,19,20)/t11?,13-,16+/m0/s1. The smallest absolute Gasteiger partial charge is 0.314 e. The zero-order valence-corrected chi connectivity index (χ0v) is 14.2. The lowest BCUT2D eigenvalue weighted by atomic mass is 9.93. The van der Waals surface area contributed by atoms with Crippen molar-refractivity contribution in [1.82, 2.24) is 4.90 Å². The van der Waals surface area contributed by atoms with E-state index in [2.05, 4.69) is 0 Å². The Labute approximate surface area is 136 Å². The van der Waals surface area contributed by atoms with Gasteiger partial charge >= 0.3 is 5.97 Å². The molecule has 1 aromatic carbocycles. The highest BCUT2D eigenvalue weighted by Gasteiger charge is 2.65. The lowest BCUT2D eigenvalue weighted by Gasteiger charge is -2.25. The predicted molar refractivity (Wildman–Crippen MR) is 85.8 cm³/mol. The van der Waals surface area contributed by atoms with Crippen LogP contribution in [0, 0.1) is 5.92 Å². The summed E-state index contributed by atoms with van der Waals surface area (Å²) in [4.78, 5) is 25.7. The van der Waals surface area contributed by atoms with E-state index in [1.807, 2.05) is 0 Å². The summed E-state index contributed by atoms with van der Waals surface area (Å²) < 4.78 is 22.8. The second-order valence-electron chi connectivity index (χ2n) is 6.29. The van der Waals surface area contributed by atoms with E-state index in [0.717, 1.165) is 6.26 Å². The van der Waals surface area contributed by atoms with Crippen LogP contribution in [-0.4, -0.2) is 55.4 Å². The van der Waals surface area contributed by atoms with E-state index < -0.39 is 33.2 Å². The summed E-state index contributed by atoms with van der Waals surface area (Å²) in [6.45, 7) is 1.65. The van der Waals surface area contributed by atoms with E-state index in [0.29, 0.717) is 5.56 Å². The molecule has 1 amide bonds. The first-order chi connectivity index (χ1) is 10.6. The third-order valence-electron chi connectivity index (χ3n) is 4.48. The van der Waals surface area contributed by atoms with Crippen LogP contribution in [0.3, 0.4) is 0 Å². The van der Waals surface area contributed by atoms with Crippen molar-refractivity contribution in [3.8, 4) is 0 Å². The Morgan fingerprint density at radius 3 is 2.39 bits per heavy atom. The Morgan fingerprint density at radius 1 is 1.35 bits per heavy atom. The minimum atomic E-state index is -3.21. The summed E-state index contributed by atoms with van der Waals surface area (Å²) in [5, 5.41) is 9.62. The van der Waals surface area contributed by atoms with E-state index >= 15 is 0 Å². The fourth-order valence-corrected chi connectivity index (χ4v) is 4.09. The molecule has 0 radical (unpaired) electrons. The molecule has 23 heavy (non-hydrogen) atoms. The number of carbonyl (C=O) groups excluding carboxylic acids is 1. The van der Waals surface area contributed by atoms with E-state index in [1.54, 1.807) is 37.3 Å². The molecule has 7 heteroatoms. The monoisotopic (exact) mass is 339 g/mol. The highest BCUT2D eigenvalue weighted by atomic mass is 32.2. The summed E-state index contributed by atoms with van der Waals surface area (Å²) in [6, 6.07) is 8.20. The second kappa shape index (κ2) is 5.96. The highest BCUT2D eigenvalue weighted by molar-refractivity contribution is 7.90. The molecule has 1 N–H and O–H groups in total. The molecular formula is C16H21NO5S. The maximum absolute atomic E-state index is 12.6. The Bertz CT molecular complexity index is 715.